The van der Waals surface area contributed by atoms with Gasteiger partial charge < -0.3 is 25.0 Å². The molecule has 2 aromatic heterocycles. The first-order valence-corrected chi connectivity index (χ1v) is 20.6. The fraction of sp³-hybridized carbons (Fsp3) is 0.500. The van der Waals surface area contributed by atoms with E-state index < -0.39 is 62.2 Å². The second-order valence-corrected chi connectivity index (χ2v) is 18.0. The fourth-order valence-corrected chi connectivity index (χ4v) is 9.04. The number of hydrogen-bond acceptors (Lipinski definition) is 10. The number of hydrogen-bond donors (Lipinski definition) is 3. The van der Waals surface area contributed by atoms with Gasteiger partial charge in [-0.2, -0.15) is 13.2 Å². The molecule has 0 bridgehead atoms. The molecule has 1 aromatic carbocycles. The summed E-state index contributed by atoms with van der Waals surface area (Å²) in [5, 5.41) is 14.0. The standard InChI is InChI=1S/C38H45F3N6O7S2/c1-6-8-9-10-15-46(5)33(49)28-16-25(19-47(28)35(51)44-37(18-24(37)7-2)34(50)45-56(52,53)36(4)13-14-36)54-29-17-27(32-43-30(21-55-32)38(39,40)41)42-31-22(3)23(20-48)11-12-26(29)31/h6-7,11-12,17,21,24-25,28,48H,1-2,8-10,13-16,18-20H2,3-5H3,(H,44,51)(H,45,50)/t24-,25+,28+,37-/m1/s1. The van der Waals surface area contributed by atoms with E-state index in [0.29, 0.717) is 47.8 Å². The number of sulfonamides is 1. The van der Waals surface area contributed by atoms with Gasteiger partial charge in [0.05, 0.1) is 23.4 Å². The summed E-state index contributed by atoms with van der Waals surface area (Å²) < 4.78 is 74.1. The van der Waals surface area contributed by atoms with Gasteiger partial charge >= 0.3 is 12.2 Å². The number of carbonyl (C=O) groups excluding carboxylic acids is 3. The molecule has 18 heteroatoms. The number of allylic oxidation sites excluding steroid dienone is 1. The Balaban J connectivity index is 1.32. The smallest absolute Gasteiger partial charge is 0.434 e. The van der Waals surface area contributed by atoms with Crippen LogP contribution < -0.4 is 14.8 Å². The van der Waals surface area contributed by atoms with E-state index in [4.69, 9.17) is 4.74 Å². The van der Waals surface area contributed by atoms with Gasteiger partial charge in [-0.05, 0) is 69.6 Å². The minimum atomic E-state index is -4.67. The van der Waals surface area contributed by atoms with Crippen LogP contribution >= 0.6 is 11.3 Å². The molecule has 4 atom stereocenters. The van der Waals surface area contributed by atoms with E-state index in [9.17, 15) is 41.1 Å². The molecule has 3 aliphatic rings. The molecule has 56 heavy (non-hydrogen) atoms. The van der Waals surface area contributed by atoms with Crippen molar-refractivity contribution < 1.29 is 45.8 Å². The van der Waals surface area contributed by atoms with Crippen LogP contribution in [0.4, 0.5) is 18.0 Å². The Kier molecular flexibility index (Phi) is 11.3. The number of rotatable bonds is 15. The molecule has 3 N–H and O–H groups in total. The number of likely N-dealkylation sites (tertiary alicyclic amines) is 1. The van der Waals surface area contributed by atoms with Crippen molar-refractivity contribution in [2.75, 3.05) is 20.1 Å². The van der Waals surface area contributed by atoms with Gasteiger partial charge in [0.15, 0.2) is 5.69 Å². The third-order valence-electron chi connectivity index (χ3n) is 11.0. The van der Waals surface area contributed by atoms with E-state index in [-0.39, 0.29) is 48.4 Å². The minimum Gasteiger partial charge on any atom is -0.488 e. The van der Waals surface area contributed by atoms with Gasteiger partial charge in [-0.25, -0.2) is 23.2 Å². The lowest BCUT2D eigenvalue weighted by Crippen LogP contribution is -2.58. The Morgan fingerprint density at radius 3 is 2.54 bits per heavy atom. The number of aryl methyl sites for hydroxylation is 1. The van der Waals surface area contributed by atoms with Crippen LogP contribution in [0.3, 0.4) is 0 Å². The van der Waals surface area contributed by atoms with Crippen LogP contribution in [-0.4, -0.2) is 93.7 Å². The van der Waals surface area contributed by atoms with E-state index in [0.717, 1.165) is 29.6 Å². The molecule has 3 aromatic rings. The minimum absolute atomic E-state index is 0.0149. The number of unbranched alkanes of at least 4 members (excludes halogenated alkanes) is 2. The summed E-state index contributed by atoms with van der Waals surface area (Å²) in [6, 6.07) is 2.98. The van der Waals surface area contributed by atoms with Crippen LogP contribution in [0.2, 0.25) is 0 Å². The summed E-state index contributed by atoms with van der Waals surface area (Å²) in [5.41, 5.74) is -1.11. The number of carbonyl (C=O) groups is 3. The number of nitrogens with one attached hydrogen (secondary N) is 2. The van der Waals surface area contributed by atoms with Gasteiger partial charge in [-0.1, -0.05) is 18.2 Å². The van der Waals surface area contributed by atoms with Gasteiger partial charge in [0.25, 0.3) is 5.91 Å². The quantitative estimate of drug-likeness (QED) is 0.133. The maximum Gasteiger partial charge on any atom is 0.434 e. The number of thiazole rings is 1. The monoisotopic (exact) mass is 818 g/mol. The average molecular weight is 819 g/mol. The predicted octanol–water partition coefficient (Wildman–Crippen LogP) is 5.47. The molecular formula is C38H45F3N6O7S2. The number of amides is 4. The summed E-state index contributed by atoms with van der Waals surface area (Å²) in [4.78, 5) is 53.0. The maximum absolute atomic E-state index is 14.2. The third-order valence-corrected chi connectivity index (χ3v) is 14.0. The lowest BCUT2D eigenvalue weighted by atomic mass is 10.0. The zero-order valence-electron chi connectivity index (χ0n) is 31.3. The summed E-state index contributed by atoms with van der Waals surface area (Å²) >= 11 is 0.757. The summed E-state index contributed by atoms with van der Waals surface area (Å²) in [6.45, 7) is 10.7. The Morgan fingerprint density at radius 2 is 1.93 bits per heavy atom. The molecule has 3 fully saturated rings. The van der Waals surface area contributed by atoms with Gasteiger partial charge in [0.2, 0.25) is 15.9 Å². The van der Waals surface area contributed by atoms with Crippen molar-refractivity contribution in [1.82, 2.24) is 29.8 Å². The van der Waals surface area contributed by atoms with Crippen LogP contribution in [0.15, 0.2) is 48.9 Å². The number of aromatic nitrogens is 2. The van der Waals surface area contributed by atoms with Crippen molar-refractivity contribution in [2.24, 2.45) is 5.92 Å². The van der Waals surface area contributed by atoms with Crippen molar-refractivity contribution in [1.29, 1.82) is 0 Å². The Bertz CT molecular complexity index is 2170. The molecule has 0 unspecified atom stereocenters. The molecule has 13 nitrogen and oxygen atoms in total. The molecule has 4 amide bonds. The highest BCUT2D eigenvalue weighted by Gasteiger charge is 2.63. The number of urea groups is 1. The van der Waals surface area contributed by atoms with Gasteiger partial charge in [0, 0.05) is 42.8 Å². The van der Waals surface area contributed by atoms with E-state index in [1.165, 1.54) is 21.9 Å². The molecule has 1 saturated heterocycles. The van der Waals surface area contributed by atoms with E-state index >= 15 is 0 Å². The van der Waals surface area contributed by atoms with Crippen molar-refractivity contribution in [2.45, 2.75) is 94.0 Å². The molecule has 2 aliphatic carbocycles. The maximum atomic E-state index is 14.2. The Morgan fingerprint density at radius 1 is 1.20 bits per heavy atom. The highest BCUT2D eigenvalue weighted by Crippen LogP contribution is 2.47. The lowest BCUT2D eigenvalue weighted by molar-refractivity contribution is -0.140. The van der Waals surface area contributed by atoms with E-state index in [1.807, 2.05) is 0 Å². The topological polar surface area (TPSA) is 171 Å². The molecule has 0 radical (unpaired) electrons. The van der Waals surface area contributed by atoms with Crippen LogP contribution in [-0.2, 0) is 32.4 Å². The first-order chi connectivity index (χ1) is 26.4. The van der Waals surface area contributed by atoms with Crippen LogP contribution in [0.1, 0.15) is 68.7 Å². The number of benzene rings is 1. The highest BCUT2D eigenvalue weighted by molar-refractivity contribution is 7.91. The zero-order chi connectivity index (χ0) is 40.8. The Labute approximate surface area is 327 Å². The molecule has 3 heterocycles. The molecule has 302 valence electrons. The number of alkyl halides is 3. The normalized spacial score (nSPS) is 22.7. The Hall–Kier alpha value is -4.55. The lowest BCUT2D eigenvalue weighted by Gasteiger charge is -2.29. The van der Waals surface area contributed by atoms with Gasteiger partial charge in [-0.3, -0.25) is 14.3 Å². The summed E-state index contributed by atoms with van der Waals surface area (Å²) in [6.07, 6.45) is 0.908. The zero-order valence-corrected chi connectivity index (χ0v) is 33.0. The van der Waals surface area contributed by atoms with Crippen LogP contribution in [0.25, 0.3) is 21.6 Å². The van der Waals surface area contributed by atoms with Crippen LogP contribution in [0.5, 0.6) is 5.75 Å². The fourth-order valence-electron chi connectivity index (χ4n) is 6.94. The van der Waals surface area contributed by atoms with Gasteiger partial charge in [-0.15, -0.1) is 24.5 Å². The second kappa shape index (κ2) is 15.4. The second-order valence-electron chi connectivity index (χ2n) is 15.0. The van der Waals surface area contributed by atoms with Crippen molar-refractivity contribution in [3.63, 3.8) is 0 Å². The van der Waals surface area contributed by atoms with E-state index in [2.05, 4.69) is 33.2 Å². The summed E-state index contributed by atoms with van der Waals surface area (Å²) in [5.74, 6) is -1.62. The number of aliphatic hydroxyl groups excluding tert-OH is 1. The molecular weight excluding hydrogens is 774 g/mol. The first-order valence-electron chi connectivity index (χ1n) is 18.3. The number of likely N-dealkylation sites (N-methyl/N-ethyl adjacent to an activating group) is 1. The molecule has 1 aliphatic heterocycles. The molecule has 6 rings (SSSR count). The number of ether oxygens (including phenoxy) is 1. The third kappa shape index (κ3) is 8.00. The van der Waals surface area contributed by atoms with Crippen molar-refractivity contribution in [3.8, 4) is 16.5 Å². The highest BCUT2D eigenvalue weighted by atomic mass is 32.2. The number of pyridine rings is 1. The number of fused-ring (bicyclic) bond motifs is 1. The number of aliphatic hydroxyl groups is 1. The van der Waals surface area contributed by atoms with E-state index in [1.54, 1.807) is 39.1 Å². The van der Waals surface area contributed by atoms with Crippen molar-refractivity contribution >= 4 is 50.1 Å². The molecule has 0 spiro atoms. The van der Waals surface area contributed by atoms with Crippen LogP contribution in [0, 0.1) is 12.8 Å². The first kappa shape index (κ1) is 41.1. The predicted molar refractivity (Wildman–Crippen MR) is 204 cm³/mol. The SMILES string of the molecule is C=CCCCCN(C)C(=O)[C@@H]1C[C@H](Oc2cc(-c3nc(C(F)(F)F)cs3)nc3c(C)c(CO)ccc23)CN1C(=O)N[C@]1(C(=O)NS(=O)(=O)C2(C)CC2)C[C@H]1C=C. The molecule has 2 saturated carbocycles. The number of nitrogens with zero attached hydrogens (tertiary/aromatic N) is 4. The van der Waals surface area contributed by atoms with Crippen molar-refractivity contribution in [3.05, 3.63) is 65.7 Å². The average Bonchev–Trinajstić information content (AvgIpc) is 3.93. The largest absolute Gasteiger partial charge is 0.488 e. The number of halogens is 3. The van der Waals surface area contributed by atoms with Gasteiger partial charge in [0.1, 0.15) is 34.1 Å². The summed E-state index contributed by atoms with van der Waals surface area (Å²) in [7, 11) is -2.40.